The summed E-state index contributed by atoms with van der Waals surface area (Å²) in [7, 11) is -10.0. The maximum absolute atomic E-state index is 13.1. The Morgan fingerprint density at radius 3 is 0.858 bits per heavy atom. The highest BCUT2D eigenvalue weighted by Crippen LogP contribution is 2.45. The molecule has 0 bridgehead atoms. The van der Waals surface area contributed by atoms with Gasteiger partial charge in [0.05, 0.1) is 32.8 Å². The zero-order valence-electron chi connectivity index (χ0n) is 66.3. The van der Waals surface area contributed by atoms with Crippen molar-refractivity contribution in [3.63, 3.8) is 0 Å². The van der Waals surface area contributed by atoms with Crippen LogP contribution in [0.5, 0.6) is 0 Å². The van der Waals surface area contributed by atoms with E-state index >= 15 is 0 Å². The van der Waals surface area contributed by atoms with Crippen molar-refractivity contribution in [2.45, 2.75) is 341 Å². The predicted octanol–water partition coefficient (Wildman–Crippen LogP) is 24.2. The minimum absolute atomic E-state index is 0.0885. The molecule has 0 rings (SSSR count). The van der Waals surface area contributed by atoms with Gasteiger partial charge in [0, 0.05) is 19.3 Å². The van der Waals surface area contributed by atoms with Crippen LogP contribution < -0.4 is 0 Å². The normalized spacial score (nSPS) is 14.6. The number of hydrogen-bond acceptors (Lipinski definition) is 15. The molecule has 3 N–H and O–H groups in total. The van der Waals surface area contributed by atoms with Gasteiger partial charge >= 0.3 is 39.5 Å². The van der Waals surface area contributed by atoms with Crippen molar-refractivity contribution in [3.05, 3.63) is 146 Å². The van der Waals surface area contributed by atoms with Gasteiger partial charge in [-0.2, -0.15) is 0 Å². The van der Waals surface area contributed by atoms with E-state index in [1.807, 2.05) is 12.2 Å². The van der Waals surface area contributed by atoms with Crippen molar-refractivity contribution >= 4 is 39.5 Å². The summed E-state index contributed by atoms with van der Waals surface area (Å²) in [6, 6.07) is 0. The van der Waals surface area contributed by atoms with Gasteiger partial charge in [0.1, 0.15) is 19.3 Å². The fourth-order valence-corrected chi connectivity index (χ4v) is 12.2. The van der Waals surface area contributed by atoms with Crippen LogP contribution in [0.3, 0.4) is 0 Å². The Bertz CT molecular complexity index is 2580. The number of unbranched alkanes of at least 4 members (excludes halogenated alkanes) is 27. The molecule has 5 atom stereocenters. The Morgan fingerprint density at radius 1 is 0.283 bits per heavy atom. The average molecular weight is 1530 g/mol. The number of phosphoric acid groups is 2. The smallest absolute Gasteiger partial charge is 0.462 e. The van der Waals surface area contributed by atoms with Gasteiger partial charge in [0.25, 0.3) is 0 Å². The molecule has 19 heteroatoms. The van der Waals surface area contributed by atoms with Gasteiger partial charge in [-0.15, -0.1) is 0 Å². The number of aliphatic hydroxyl groups is 1. The van der Waals surface area contributed by atoms with Crippen LogP contribution >= 0.6 is 15.6 Å². The van der Waals surface area contributed by atoms with Crippen molar-refractivity contribution in [2.24, 2.45) is 0 Å². The van der Waals surface area contributed by atoms with E-state index in [4.69, 9.17) is 37.0 Å². The highest BCUT2D eigenvalue weighted by molar-refractivity contribution is 7.47. The zero-order valence-corrected chi connectivity index (χ0v) is 68.1. The van der Waals surface area contributed by atoms with Crippen LogP contribution in [0.4, 0.5) is 0 Å². The van der Waals surface area contributed by atoms with Gasteiger partial charge in [-0.1, -0.05) is 315 Å². The lowest BCUT2D eigenvalue weighted by Gasteiger charge is -2.21. The zero-order chi connectivity index (χ0) is 77.4. The number of hydrogen-bond donors (Lipinski definition) is 3. The number of phosphoric ester groups is 2. The second-order valence-electron chi connectivity index (χ2n) is 27.0. The molecule has 0 aliphatic heterocycles. The third-order valence-electron chi connectivity index (χ3n) is 16.8. The van der Waals surface area contributed by atoms with Crippen LogP contribution in [0.1, 0.15) is 323 Å². The van der Waals surface area contributed by atoms with Crippen molar-refractivity contribution < 1.29 is 80.2 Å². The molecule has 0 aromatic carbocycles. The largest absolute Gasteiger partial charge is 0.472 e. The molecule has 0 aromatic rings. The van der Waals surface area contributed by atoms with E-state index < -0.39 is 97.5 Å². The highest BCUT2D eigenvalue weighted by Gasteiger charge is 2.30. The lowest BCUT2D eigenvalue weighted by atomic mass is 10.0. The minimum Gasteiger partial charge on any atom is -0.462 e. The number of esters is 4. The number of aliphatic hydroxyl groups excluding tert-OH is 1. The van der Waals surface area contributed by atoms with E-state index in [-0.39, 0.29) is 25.7 Å². The molecule has 106 heavy (non-hydrogen) atoms. The van der Waals surface area contributed by atoms with E-state index in [9.17, 15) is 43.2 Å². The van der Waals surface area contributed by atoms with Gasteiger partial charge in [0.2, 0.25) is 0 Å². The number of allylic oxidation sites excluding steroid dienone is 23. The van der Waals surface area contributed by atoms with Crippen molar-refractivity contribution in [2.75, 3.05) is 39.6 Å². The maximum atomic E-state index is 13.1. The molecule has 0 saturated heterocycles. The van der Waals surface area contributed by atoms with E-state index in [1.165, 1.54) is 70.6 Å². The molecule has 17 nitrogen and oxygen atoms in total. The molecule has 0 heterocycles. The molecular weight excluding hydrogens is 1380 g/mol. The van der Waals surface area contributed by atoms with Crippen molar-refractivity contribution in [1.82, 2.24) is 0 Å². The lowest BCUT2D eigenvalue weighted by molar-refractivity contribution is -0.161. The Morgan fingerprint density at radius 2 is 0.528 bits per heavy atom. The number of ether oxygens (including phenoxy) is 4. The Hall–Kier alpha value is -5.06. The lowest BCUT2D eigenvalue weighted by Crippen LogP contribution is -2.30. The number of carbonyl (C=O) groups is 4. The summed E-state index contributed by atoms with van der Waals surface area (Å²) in [6.07, 6.45) is 89.9. The molecule has 0 spiro atoms. The number of carbonyl (C=O) groups excluding carboxylic acids is 4. The van der Waals surface area contributed by atoms with Crippen LogP contribution in [0.15, 0.2) is 146 Å². The van der Waals surface area contributed by atoms with Gasteiger partial charge in [0.15, 0.2) is 12.2 Å². The monoisotopic (exact) mass is 1530 g/mol. The fraction of sp³-hybridized carbons (Fsp3) is 0.678. The summed E-state index contributed by atoms with van der Waals surface area (Å²) in [5.74, 6) is -2.35. The van der Waals surface area contributed by atoms with Crippen LogP contribution in [0.25, 0.3) is 0 Å². The Balaban J connectivity index is 5.42. The SMILES string of the molecule is CC/C=C\C/C=C\C/C=C\C/C=C\C/C=C\CC(=O)OC(COC(=O)CCCCCCCC/C=C\C/C=C\C/C=C\CCCCC)COP(=O)(O)OCC(O)COP(=O)(O)OCC(COC(=O)CCCCCCCC/C=C\C/C=C\C/C=C\C/C=C\CC)OC(=O)CCCCCCCCCCCCCCC. The summed E-state index contributed by atoms with van der Waals surface area (Å²) < 4.78 is 68.5. The van der Waals surface area contributed by atoms with E-state index in [0.717, 1.165) is 173 Å². The Labute approximate surface area is 643 Å². The van der Waals surface area contributed by atoms with Gasteiger partial charge < -0.3 is 33.8 Å². The summed E-state index contributed by atoms with van der Waals surface area (Å²) in [5, 5.41) is 10.6. The second kappa shape index (κ2) is 78.1. The van der Waals surface area contributed by atoms with E-state index in [0.29, 0.717) is 25.7 Å². The van der Waals surface area contributed by atoms with Gasteiger partial charge in [-0.25, -0.2) is 9.13 Å². The molecule has 5 unspecified atom stereocenters. The summed E-state index contributed by atoms with van der Waals surface area (Å²) >= 11 is 0. The summed E-state index contributed by atoms with van der Waals surface area (Å²) in [4.78, 5) is 73.0. The molecule has 0 aromatic heterocycles. The molecule has 606 valence electrons. The molecule has 0 aliphatic rings. The van der Waals surface area contributed by atoms with Gasteiger partial charge in [-0.3, -0.25) is 37.3 Å². The van der Waals surface area contributed by atoms with Crippen molar-refractivity contribution in [3.8, 4) is 0 Å². The van der Waals surface area contributed by atoms with Gasteiger partial charge in [-0.05, 0) is 128 Å². The highest BCUT2D eigenvalue weighted by atomic mass is 31.2. The molecule has 0 radical (unpaired) electrons. The Kier molecular flexibility index (Phi) is 74.3. The molecule has 0 saturated carbocycles. The summed E-state index contributed by atoms with van der Waals surface area (Å²) in [5.41, 5.74) is 0. The van der Waals surface area contributed by atoms with Crippen LogP contribution in [-0.4, -0.2) is 96.7 Å². The van der Waals surface area contributed by atoms with Crippen molar-refractivity contribution in [1.29, 1.82) is 0 Å². The number of rotatable bonds is 76. The first kappa shape index (κ1) is 101. The fourth-order valence-electron chi connectivity index (χ4n) is 10.6. The second-order valence-corrected chi connectivity index (χ2v) is 29.9. The first-order valence-electron chi connectivity index (χ1n) is 41.1. The molecular formula is C87H146O17P2. The topological polar surface area (TPSA) is 237 Å². The third-order valence-corrected chi connectivity index (χ3v) is 18.7. The minimum atomic E-state index is -5.01. The standard InChI is InChI=1S/C87H146O17P2/c1-5-9-13-17-21-25-29-33-36-38-40-42-45-48-51-55-59-63-67-71-84(89)97-77-82(103-86(91)73-69-65-61-57-53-47-32-28-24-20-16-12-8-4)79-101-105(93,94)99-75-81(88)76-100-106(95,96)102-80-83(104-87(92)74-70-66-62-58-54-50-44-35-31-27-23-19-15-11-7-3)78-98-85(90)72-68-64-60-56-52-49-46-43-41-39-37-34-30-26-22-18-14-10-6-2/h9,11,13,15,21-23,25-27,33-37,40-44,54,58,66,70,81-83,88H,5-8,10,12,14,16-20,24,28-32,38-39,45-53,55-57,59-65,67-69,71-80H2,1-4H3,(H,93,94)(H,95,96)/b13-9-,15-11-,25-21-,26-22-,27-23-,36-33-,37-34-,42-40-,43-41-,44-35-,58-54-,70-66-. The molecule has 0 amide bonds. The predicted molar refractivity (Wildman–Crippen MR) is 436 cm³/mol. The summed E-state index contributed by atoms with van der Waals surface area (Å²) in [6.45, 7) is 4.50. The molecule has 0 fully saturated rings. The molecule has 0 aliphatic carbocycles. The van der Waals surface area contributed by atoms with Crippen LogP contribution in [-0.2, 0) is 65.4 Å². The van der Waals surface area contributed by atoms with Crippen LogP contribution in [0.2, 0.25) is 0 Å². The van der Waals surface area contributed by atoms with E-state index in [1.54, 1.807) is 12.2 Å². The average Bonchev–Trinajstić information content (AvgIpc) is 0.903. The first-order chi connectivity index (χ1) is 51.7. The quantitative estimate of drug-likeness (QED) is 0.0169. The van der Waals surface area contributed by atoms with Crippen LogP contribution in [0, 0.1) is 0 Å². The first-order valence-corrected chi connectivity index (χ1v) is 44.1. The van der Waals surface area contributed by atoms with E-state index in [2.05, 4.69) is 149 Å². The maximum Gasteiger partial charge on any atom is 0.472 e. The third kappa shape index (κ3) is 77.1.